The van der Waals surface area contributed by atoms with E-state index in [2.05, 4.69) is 15.9 Å². The summed E-state index contributed by atoms with van der Waals surface area (Å²) >= 11 is 3.37. The maximum Gasteiger partial charge on any atom is 0.246 e. The van der Waals surface area contributed by atoms with Gasteiger partial charge < -0.3 is 10.6 Å². The topological polar surface area (TPSA) is 46.3 Å². The molecule has 2 rings (SSSR count). The fourth-order valence-corrected chi connectivity index (χ4v) is 2.10. The monoisotopic (exact) mass is 294 g/mol. The highest BCUT2D eigenvalue weighted by molar-refractivity contribution is 9.10. The average Bonchev–Trinajstić information content (AvgIpc) is 2.75. The van der Waals surface area contributed by atoms with E-state index in [-0.39, 0.29) is 11.9 Å². The van der Waals surface area contributed by atoms with Crippen molar-refractivity contribution in [2.24, 2.45) is 5.73 Å². The number of amides is 1. The predicted molar refractivity (Wildman–Crippen MR) is 72.3 cm³/mol. The molecule has 0 bridgehead atoms. The molecule has 1 aliphatic rings. The third-order valence-corrected chi connectivity index (χ3v) is 3.35. The van der Waals surface area contributed by atoms with Gasteiger partial charge >= 0.3 is 0 Å². The molecule has 2 N–H and O–H groups in total. The van der Waals surface area contributed by atoms with Crippen molar-refractivity contribution in [3.8, 4) is 0 Å². The van der Waals surface area contributed by atoms with Crippen molar-refractivity contribution in [1.82, 2.24) is 4.90 Å². The molecule has 0 radical (unpaired) electrons. The molecule has 1 aromatic rings. The number of benzene rings is 1. The first-order valence-electron chi connectivity index (χ1n) is 5.63. The summed E-state index contributed by atoms with van der Waals surface area (Å²) in [4.78, 5) is 13.6. The second-order valence-electron chi connectivity index (χ2n) is 4.22. The normalized spacial score (nSPS) is 20.1. The van der Waals surface area contributed by atoms with Crippen LogP contribution >= 0.6 is 15.9 Å². The molecule has 1 saturated heterocycles. The van der Waals surface area contributed by atoms with Crippen LogP contribution in [0.2, 0.25) is 0 Å². The van der Waals surface area contributed by atoms with Crippen LogP contribution in [0.15, 0.2) is 34.8 Å². The Kier molecular flexibility index (Phi) is 3.97. The number of hydrogen-bond acceptors (Lipinski definition) is 2. The van der Waals surface area contributed by atoms with Crippen molar-refractivity contribution in [3.63, 3.8) is 0 Å². The Morgan fingerprint density at radius 2 is 2.12 bits per heavy atom. The maximum atomic E-state index is 11.8. The molecule has 1 amide bonds. The number of halogens is 1. The molecule has 1 heterocycles. The van der Waals surface area contributed by atoms with Crippen LogP contribution in [0.4, 0.5) is 0 Å². The summed E-state index contributed by atoms with van der Waals surface area (Å²) in [5.74, 6) is 0.0425. The van der Waals surface area contributed by atoms with Crippen LogP contribution in [0.3, 0.4) is 0 Å². The molecule has 0 spiro atoms. The van der Waals surface area contributed by atoms with Gasteiger partial charge in [-0.05, 0) is 30.2 Å². The van der Waals surface area contributed by atoms with E-state index in [0.717, 1.165) is 23.0 Å². The zero-order valence-corrected chi connectivity index (χ0v) is 11.1. The van der Waals surface area contributed by atoms with Crippen LogP contribution in [0.25, 0.3) is 6.08 Å². The zero-order valence-electron chi connectivity index (χ0n) is 9.47. The SMILES string of the molecule is NC1CCN(C(=O)/C=C/c2ccc(Br)cc2)C1. The molecule has 0 saturated carbocycles. The van der Waals surface area contributed by atoms with Gasteiger partial charge in [-0.1, -0.05) is 28.1 Å². The molecule has 1 unspecified atom stereocenters. The minimum atomic E-state index is 0.0425. The standard InChI is InChI=1S/C13H15BrN2O/c14-11-4-1-10(2-5-11)3-6-13(17)16-8-7-12(15)9-16/h1-6,12H,7-9,15H2/b6-3+. The predicted octanol–water partition coefficient (Wildman–Crippen LogP) is 2.02. The first-order valence-corrected chi connectivity index (χ1v) is 6.42. The number of rotatable bonds is 2. The Morgan fingerprint density at radius 3 is 2.71 bits per heavy atom. The Bertz CT molecular complexity index is 428. The van der Waals surface area contributed by atoms with Gasteiger partial charge in [0.05, 0.1) is 0 Å². The maximum absolute atomic E-state index is 11.8. The van der Waals surface area contributed by atoms with Crippen LogP contribution in [0, 0.1) is 0 Å². The van der Waals surface area contributed by atoms with Crippen LogP contribution in [-0.4, -0.2) is 29.9 Å². The van der Waals surface area contributed by atoms with E-state index in [4.69, 9.17) is 5.73 Å². The fraction of sp³-hybridized carbons (Fsp3) is 0.308. The number of nitrogens with two attached hydrogens (primary N) is 1. The summed E-state index contributed by atoms with van der Waals surface area (Å²) in [5.41, 5.74) is 6.78. The van der Waals surface area contributed by atoms with Gasteiger partial charge in [-0.2, -0.15) is 0 Å². The Hall–Kier alpha value is -1.13. The molecule has 17 heavy (non-hydrogen) atoms. The second-order valence-corrected chi connectivity index (χ2v) is 5.13. The summed E-state index contributed by atoms with van der Waals surface area (Å²) in [6, 6.07) is 7.97. The fourth-order valence-electron chi connectivity index (χ4n) is 1.83. The van der Waals surface area contributed by atoms with Gasteiger partial charge in [-0.3, -0.25) is 4.79 Å². The zero-order chi connectivity index (χ0) is 12.3. The molecule has 1 aliphatic heterocycles. The van der Waals surface area contributed by atoms with Gasteiger partial charge in [-0.15, -0.1) is 0 Å². The second kappa shape index (κ2) is 5.47. The molecule has 1 fully saturated rings. The largest absolute Gasteiger partial charge is 0.338 e. The Morgan fingerprint density at radius 1 is 1.41 bits per heavy atom. The van der Waals surface area contributed by atoms with E-state index >= 15 is 0 Å². The van der Waals surface area contributed by atoms with Crippen LogP contribution in [-0.2, 0) is 4.79 Å². The first kappa shape index (κ1) is 12.3. The van der Waals surface area contributed by atoms with E-state index in [9.17, 15) is 4.79 Å². The smallest absolute Gasteiger partial charge is 0.246 e. The first-order chi connectivity index (χ1) is 8.15. The Labute approximate surface area is 109 Å². The lowest BCUT2D eigenvalue weighted by Crippen LogP contribution is -2.30. The number of hydrogen-bond donors (Lipinski definition) is 1. The van der Waals surface area contributed by atoms with E-state index in [1.54, 1.807) is 11.0 Å². The van der Waals surface area contributed by atoms with Crippen molar-refractivity contribution >= 4 is 27.9 Å². The molecule has 0 aliphatic carbocycles. The van der Waals surface area contributed by atoms with Gasteiger partial charge in [0.25, 0.3) is 0 Å². The summed E-state index contributed by atoms with van der Waals surface area (Å²) in [7, 11) is 0. The summed E-state index contributed by atoms with van der Waals surface area (Å²) in [6.45, 7) is 1.44. The van der Waals surface area contributed by atoms with Crippen LogP contribution in [0.1, 0.15) is 12.0 Å². The third kappa shape index (κ3) is 3.41. The summed E-state index contributed by atoms with van der Waals surface area (Å²) in [6.07, 6.45) is 4.34. The molecule has 3 nitrogen and oxygen atoms in total. The van der Waals surface area contributed by atoms with Gasteiger partial charge in [0.1, 0.15) is 0 Å². The highest BCUT2D eigenvalue weighted by atomic mass is 79.9. The molecule has 0 aromatic heterocycles. The lowest BCUT2D eigenvalue weighted by molar-refractivity contribution is -0.124. The van der Waals surface area contributed by atoms with Crippen LogP contribution in [0.5, 0.6) is 0 Å². The lowest BCUT2D eigenvalue weighted by atomic mass is 10.2. The van der Waals surface area contributed by atoms with Gasteiger partial charge in [-0.25, -0.2) is 0 Å². The van der Waals surface area contributed by atoms with E-state index < -0.39 is 0 Å². The lowest BCUT2D eigenvalue weighted by Gasteiger charge is -2.12. The molecule has 4 heteroatoms. The molecular formula is C13H15BrN2O. The van der Waals surface area contributed by atoms with Crippen molar-refractivity contribution in [2.45, 2.75) is 12.5 Å². The van der Waals surface area contributed by atoms with Gasteiger partial charge in [0.15, 0.2) is 0 Å². The highest BCUT2D eigenvalue weighted by Gasteiger charge is 2.21. The number of carbonyl (C=O) groups excluding carboxylic acids is 1. The van der Waals surface area contributed by atoms with Crippen molar-refractivity contribution in [3.05, 3.63) is 40.4 Å². The van der Waals surface area contributed by atoms with Crippen molar-refractivity contribution < 1.29 is 4.79 Å². The van der Waals surface area contributed by atoms with E-state index in [0.29, 0.717) is 6.54 Å². The minimum Gasteiger partial charge on any atom is -0.338 e. The quantitative estimate of drug-likeness (QED) is 0.849. The molecule has 90 valence electrons. The molecular weight excluding hydrogens is 280 g/mol. The molecule has 1 aromatic carbocycles. The molecule has 1 atom stereocenters. The Balaban J connectivity index is 1.96. The number of nitrogens with zero attached hydrogens (tertiary/aromatic N) is 1. The van der Waals surface area contributed by atoms with Gasteiger partial charge in [0, 0.05) is 29.7 Å². The average molecular weight is 295 g/mol. The van der Waals surface area contributed by atoms with Gasteiger partial charge in [0.2, 0.25) is 5.91 Å². The number of likely N-dealkylation sites (tertiary alicyclic amines) is 1. The number of carbonyl (C=O) groups is 1. The third-order valence-electron chi connectivity index (χ3n) is 2.82. The highest BCUT2D eigenvalue weighted by Crippen LogP contribution is 2.12. The summed E-state index contributed by atoms with van der Waals surface area (Å²) in [5, 5.41) is 0. The van der Waals surface area contributed by atoms with Crippen LogP contribution < -0.4 is 5.73 Å². The van der Waals surface area contributed by atoms with E-state index in [1.165, 1.54) is 0 Å². The van der Waals surface area contributed by atoms with E-state index in [1.807, 2.05) is 30.3 Å². The van der Waals surface area contributed by atoms with Crippen molar-refractivity contribution in [2.75, 3.05) is 13.1 Å². The summed E-state index contributed by atoms with van der Waals surface area (Å²) < 4.78 is 1.03. The minimum absolute atomic E-state index is 0.0425. The van der Waals surface area contributed by atoms with Crippen molar-refractivity contribution in [1.29, 1.82) is 0 Å².